The molecule has 1 unspecified atom stereocenters. The van der Waals surface area contributed by atoms with Gasteiger partial charge in [0.25, 0.3) is 5.91 Å². The molecule has 0 saturated carbocycles. The molecule has 0 bridgehead atoms. The zero-order valence-electron chi connectivity index (χ0n) is 13.8. The number of thioether (sulfide) groups is 1. The summed E-state index contributed by atoms with van der Waals surface area (Å²) in [7, 11) is 0. The lowest BCUT2D eigenvalue weighted by Gasteiger charge is -2.29. The summed E-state index contributed by atoms with van der Waals surface area (Å²) in [6.45, 7) is 1.87. The standard InChI is InChI=1S/C19H21NO3S/c1-3-19(18(22)23,14-9-5-4-6-10-14)13-20-17(21)15-11-7-8-12-16(15)24-2/h4-12H,3,13H2,1-2H3,(H,20,21)(H,22,23). The van der Waals surface area contributed by atoms with Crippen LogP contribution in [0.15, 0.2) is 59.5 Å². The van der Waals surface area contributed by atoms with E-state index in [4.69, 9.17) is 0 Å². The quantitative estimate of drug-likeness (QED) is 0.754. The third-order valence-corrected chi connectivity index (χ3v) is 5.04. The molecule has 1 atom stereocenters. The minimum Gasteiger partial charge on any atom is -0.481 e. The van der Waals surface area contributed by atoms with Gasteiger partial charge >= 0.3 is 5.97 Å². The molecule has 2 N–H and O–H groups in total. The highest BCUT2D eigenvalue weighted by Crippen LogP contribution is 2.28. The first-order chi connectivity index (χ1) is 11.5. The van der Waals surface area contributed by atoms with Gasteiger partial charge in [0.15, 0.2) is 0 Å². The van der Waals surface area contributed by atoms with Gasteiger partial charge in [-0.1, -0.05) is 49.4 Å². The SMILES string of the molecule is CCC(CNC(=O)c1ccccc1SC)(C(=O)O)c1ccccc1. The first-order valence-corrected chi connectivity index (χ1v) is 8.97. The van der Waals surface area contributed by atoms with Crippen molar-refractivity contribution in [2.75, 3.05) is 12.8 Å². The fraction of sp³-hybridized carbons (Fsp3) is 0.263. The van der Waals surface area contributed by atoms with E-state index in [0.29, 0.717) is 17.5 Å². The average molecular weight is 343 g/mol. The number of amides is 1. The molecule has 0 fully saturated rings. The van der Waals surface area contributed by atoms with Gasteiger partial charge in [-0.05, 0) is 30.4 Å². The molecule has 24 heavy (non-hydrogen) atoms. The first kappa shape index (κ1) is 18.1. The van der Waals surface area contributed by atoms with E-state index in [1.54, 1.807) is 24.3 Å². The van der Waals surface area contributed by atoms with Crippen molar-refractivity contribution in [3.63, 3.8) is 0 Å². The van der Waals surface area contributed by atoms with Gasteiger partial charge in [-0.3, -0.25) is 9.59 Å². The second kappa shape index (κ2) is 8.02. The summed E-state index contributed by atoms with van der Waals surface area (Å²) in [6, 6.07) is 16.4. The monoisotopic (exact) mass is 343 g/mol. The minimum absolute atomic E-state index is 0.0460. The van der Waals surface area contributed by atoms with Crippen LogP contribution in [0.4, 0.5) is 0 Å². The molecule has 0 spiro atoms. The van der Waals surface area contributed by atoms with Crippen LogP contribution in [0.1, 0.15) is 29.3 Å². The highest BCUT2D eigenvalue weighted by molar-refractivity contribution is 7.98. The van der Waals surface area contributed by atoms with Crippen molar-refractivity contribution >= 4 is 23.6 Å². The van der Waals surface area contributed by atoms with Crippen LogP contribution in [0.3, 0.4) is 0 Å². The van der Waals surface area contributed by atoms with E-state index >= 15 is 0 Å². The van der Waals surface area contributed by atoms with Crippen LogP contribution in [0, 0.1) is 0 Å². The van der Waals surface area contributed by atoms with Crippen molar-refractivity contribution in [2.45, 2.75) is 23.7 Å². The molecule has 2 aromatic rings. The maximum absolute atomic E-state index is 12.5. The topological polar surface area (TPSA) is 66.4 Å². The minimum atomic E-state index is -1.13. The van der Waals surface area contributed by atoms with Crippen LogP contribution in [-0.2, 0) is 10.2 Å². The lowest BCUT2D eigenvalue weighted by molar-refractivity contribution is -0.143. The van der Waals surface area contributed by atoms with E-state index < -0.39 is 11.4 Å². The normalized spacial score (nSPS) is 13.1. The maximum Gasteiger partial charge on any atom is 0.315 e. The number of aliphatic carboxylic acids is 1. The van der Waals surface area contributed by atoms with Gasteiger partial charge in [-0.25, -0.2) is 0 Å². The second-order valence-corrected chi connectivity index (χ2v) is 6.34. The number of nitrogens with one attached hydrogen (secondary N) is 1. The molecule has 5 heteroatoms. The molecular formula is C19H21NO3S. The summed E-state index contributed by atoms with van der Waals surface area (Å²) in [4.78, 5) is 25.4. The predicted octanol–water partition coefficient (Wildman–Crippen LogP) is 3.57. The fourth-order valence-electron chi connectivity index (χ4n) is 2.70. The van der Waals surface area contributed by atoms with E-state index in [-0.39, 0.29) is 12.5 Å². The number of carboxylic acid groups (broad SMARTS) is 1. The van der Waals surface area contributed by atoms with Gasteiger partial charge in [-0.2, -0.15) is 0 Å². The maximum atomic E-state index is 12.5. The van der Waals surface area contributed by atoms with Crippen LogP contribution in [0.5, 0.6) is 0 Å². The van der Waals surface area contributed by atoms with E-state index in [2.05, 4.69) is 5.32 Å². The molecule has 1 amide bonds. The lowest BCUT2D eigenvalue weighted by atomic mass is 9.78. The zero-order chi connectivity index (χ0) is 17.6. The van der Waals surface area contributed by atoms with Gasteiger partial charge in [0, 0.05) is 11.4 Å². The summed E-state index contributed by atoms with van der Waals surface area (Å²) in [6.07, 6.45) is 2.29. The van der Waals surface area contributed by atoms with E-state index in [1.807, 2.05) is 43.5 Å². The van der Waals surface area contributed by atoms with Crippen LogP contribution in [0.25, 0.3) is 0 Å². The third kappa shape index (κ3) is 3.62. The number of hydrogen-bond acceptors (Lipinski definition) is 3. The molecule has 0 aliphatic carbocycles. The van der Waals surface area contributed by atoms with E-state index in [9.17, 15) is 14.7 Å². The van der Waals surface area contributed by atoms with Crippen LogP contribution in [0.2, 0.25) is 0 Å². The summed E-state index contributed by atoms with van der Waals surface area (Å²) < 4.78 is 0. The molecule has 0 radical (unpaired) electrons. The van der Waals surface area contributed by atoms with Gasteiger partial charge in [0.2, 0.25) is 0 Å². The van der Waals surface area contributed by atoms with Crippen molar-refractivity contribution in [3.8, 4) is 0 Å². The van der Waals surface area contributed by atoms with Crippen molar-refractivity contribution in [3.05, 3.63) is 65.7 Å². The van der Waals surface area contributed by atoms with E-state index in [1.165, 1.54) is 11.8 Å². The van der Waals surface area contributed by atoms with Gasteiger partial charge in [-0.15, -0.1) is 11.8 Å². The molecule has 0 aliphatic rings. The van der Waals surface area contributed by atoms with Gasteiger partial charge in [0.05, 0.1) is 5.56 Å². The first-order valence-electron chi connectivity index (χ1n) is 7.75. The Morgan fingerprint density at radius 3 is 2.29 bits per heavy atom. The number of carbonyl (C=O) groups is 2. The number of hydrogen-bond donors (Lipinski definition) is 2. The molecular weight excluding hydrogens is 322 g/mol. The van der Waals surface area contributed by atoms with Crippen molar-refractivity contribution in [1.29, 1.82) is 0 Å². The number of carboxylic acids is 1. The van der Waals surface area contributed by atoms with Gasteiger partial charge in [0.1, 0.15) is 5.41 Å². The smallest absolute Gasteiger partial charge is 0.315 e. The van der Waals surface area contributed by atoms with Crippen molar-refractivity contribution in [2.24, 2.45) is 0 Å². The Kier molecular flexibility index (Phi) is 6.04. The Balaban J connectivity index is 2.26. The predicted molar refractivity (Wildman–Crippen MR) is 96.6 cm³/mol. The lowest BCUT2D eigenvalue weighted by Crippen LogP contribution is -2.46. The Hall–Kier alpha value is -2.27. The van der Waals surface area contributed by atoms with Crippen LogP contribution < -0.4 is 5.32 Å². The second-order valence-electron chi connectivity index (χ2n) is 5.49. The Bertz CT molecular complexity index is 718. The Labute approximate surface area is 146 Å². The number of rotatable bonds is 7. The third-order valence-electron chi connectivity index (χ3n) is 4.24. The molecule has 126 valence electrons. The molecule has 4 nitrogen and oxygen atoms in total. The summed E-state index contributed by atoms with van der Waals surface area (Å²) in [5, 5.41) is 12.6. The zero-order valence-corrected chi connectivity index (χ0v) is 14.6. The Morgan fingerprint density at radius 1 is 1.08 bits per heavy atom. The Morgan fingerprint density at radius 2 is 1.71 bits per heavy atom. The van der Waals surface area contributed by atoms with Crippen molar-refractivity contribution < 1.29 is 14.7 Å². The highest BCUT2D eigenvalue weighted by atomic mass is 32.2. The number of benzene rings is 2. The molecule has 2 rings (SSSR count). The summed E-state index contributed by atoms with van der Waals surface area (Å²) in [5.74, 6) is -1.19. The molecule has 0 heterocycles. The van der Waals surface area contributed by atoms with Crippen LogP contribution >= 0.6 is 11.8 Å². The summed E-state index contributed by atoms with van der Waals surface area (Å²) >= 11 is 1.49. The largest absolute Gasteiger partial charge is 0.481 e. The average Bonchev–Trinajstić information content (AvgIpc) is 2.63. The van der Waals surface area contributed by atoms with E-state index in [0.717, 1.165) is 4.90 Å². The molecule has 0 aromatic heterocycles. The molecule has 0 saturated heterocycles. The fourth-order valence-corrected chi connectivity index (χ4v) is 3.29. The molecule has 2 aromatic carbocycles. The highest BCUT2D eigenvalue weighted by Gasteiger charge is 2.39. The number of carbonyl (C=O) groups excluding carboxylic acids is 1. The van der Waals surface area contributed by atoms with Crippen molar-refractivity contribution in [1.82, 2.24) is 5.32 Å². The van der Waals surface area contributed by atoms with Gasteiger partial charge < -0.3 is 10.4 Å². The van der Waals surface area contributed by atoms with Crippen LogP contribution in [-0.4, -0.2) is 29.8 Å². The summed E-state index contributed by atoms with van der Waals surface area (Å²) in [5.41, 5.74) is 0.123. The molecule has 0 aliphatic heterocycles.